The second-order valence-electron chi connectivity index (χ2n) is 6.18. The summed E-state index contributed by atoms with van der Waals surface area (Å²) in [7, 11) is 1.54. The molecule has 0 aliphatic heterocycles. The molecule has 0 atom stereocenters. The first-order chi connectivity index (χ1) is 12.3. The highest BCUT2D eigenvalue weighted by atomic mass is 79.9. The molecule has 8 heteroatoms. The lowest BCUT2D eigenvalue weighted by atomic mass is 10.1. The maximum atomic E-state index is 12.6. The fourth-order valence-electron chi connectivity index (χ4n) is 2.58. The van der Waals surface area contributed by atoms with Crippen LogP contribution >= 0.6 is 28.3 Å². The molecule has 0 fully saturated rings. The van der Waals surface area contributed by atoms with E-state index in [0.717, 1.165) is 27.3 Å². The van der Waals surface area contributed by atoms with Gasteiger partial charge in [0.05, 0.1) is 16.3 Å². The van der Waals surface area contributed by atoms with Crippen LogP contribution in [0.15, 0.2) is 63.8 Å². The lowest BCUT2D eigenvalue weighted by Gasteiger charge is -2.15. The van der Waals surface area contributed by atoms with Crippen LogP contribution in [0.3, 0.4) is 0 Å². The van der Waals surface area contributed by atoms with Crippen molar-refractivity contribution >= 4 is 44.0 Å². The van der Waals surface area contributed by atoms with Gasteiger partial charge >= 0.3 is 0 Å². The van der Waals surface area contributed by atoms with E-state index in [9.17, 15) is 8.42 Å². The molecule has 1 aromatic heterocycles. The first-order valence-electron chi connectivity index (χ1n) is 8.08. The molecule has 2 aromatic carbocycles. The van der Waals surface area contributed by atoms with Gasteiger partial charge in [0.15, 0.2) is 4.80 Å². The second kappa shape index (κ2) is 8.52. The smallest absolute Gasteiger partial charge is 0.242 e. The van der Waals surface area contributed by atoms with Gasteiger partial charge in [0.2, 0.25) is 10.0 Å². The zero-order valence-corrected chi connectivity index (χ0v) is 18.9. The van der Waals surface area contributed by atoms with Gasteiger partial charge in [0.1, 0.15) is 0 Å². The van der Waals surface area contributed by atoms with Crippen molar-refractivity contribution in [1.82, 2.24) is 8.87 Å². The van der Waals surface area contributed by atoms with E-state index >= 15 is 0 Å². The molecular formula is C19H22BrN3O2S2. The van der Waals surface area contributed by atoms with Gasteiger partial charge in [-0.05, 0) is 30.7 Å². The van der Waals surface area contributed by atoms with Gasteiger partial charge in [0.25, 0.3) is 0 Å². The van der Waals surface area contributed by atoms with E-state index in [4.69, 9.17) is 0 Å². The Hall–Kier alpha value is -1.74. The molecule has 0 saturated heterocycles. The molecule has 0 radical (unpaired) electrons. The van der Waals surface area contributed by atoms with Crippen LogP contribution in [0.1, 0.15) is 5.56 Å². The topological polar surface area (TPSA) is 54.7 Å². The highest BCUT2D eigenvalue weighted by Gasteiger charge is 2.20. The fourth-order valence-corrected chi connectivity index (χ4v) is 4.65. The molecule has 0 aliphatic rings. The van der Waals surface area contributed by atoms with E-state index in [2.05, 4.69) is 4.99 Å². The van der Waals surface area contributed by atoms with Gasteiger partial charge in [-0.1, -0.05) is 30.3 Å². The Labute approximate surface area is 174 Å². The number of sulfonamides is 1. The van der Waals surface area contributed by atoms with E-state index < -0.39 is 10.0 Å². The van der Waals surface area contributed by atoms with Crippen molar-refractivity contribution in [3.8, 4) is 11.3 Å². The summed E-state index contributed by atoms with van der Waals surface area (Å²) in [6, 6.07) is 15.3. The van der Waals surface area contributed by atoms with Crippen LogP contribution in [0.4, 0.5) is 5.69 Å². The molecule has 0 aliphatic carbocycles. The molecule has 0 bridgehead atoms. The number of rotatable bonds is 4. The van der Waals surface area contributed by atoms with Crippen molar-refractivity contribution in [1.29, 1.82) is 0 Å². The summed E-state index contributed by atoms with van der Waals surface area (Å²) in [6.45, 7) is 1.81. The van der Waals surface area contributed by atoms with Crippen LogP contribution in [0.2, 0.25) is 0 Å². The average molecular weight is 468 g/mol. The minimum absolute atomic E-state index is 0. The lowest BCUT2D eigenvalue weighted by Crippen LogP contribution is -2.23. The lowest BCUT2D eigenvalue weighted by molar-refractivity contribution is 0.520. The third kappa shape index (κ3) is 4.40. The molecular weight excluding hydrogens is 446 g/mol. The highest BCUT2D eigenvalue weighted by molar-refractivity contribution is 8.93. The third-order valence-corrected chi connectivity index (χ3v) is 7.02. The van der Waals surface area contributed by atoms with Gasteiger partial charge in [-0.3, -0.25) is 0 Å². The van der Waals surface area contributed by atoms with Gasteiger partial charge in [0, 0.05) is 32.1 Å². The van der Waals surface area contributed by atoms with Crippen molar-refractivity contribution in [3.05, 3.63) is 64.3 Å². The number of thiazole rings is 1. The Balaban J connectivity index is 0.00000261. The molecule has 3 rings (SSSR count). The number of aryl methyl sites for hydroxylation is 1. The summed E-state index contributed by atoms with van der Waals surface area (Å²) in [6.07, 6.45) is 0. The van der Waals surface area contributed by atoms with Gasteiger partial charge in [-0.2, -0.15) is 0 Å². The molecule has 1 heterocycles. The van der Waals surface area contributed by atoms with Crippen LogP contribution in [0.25, 0.3) is 11.3 Å². The van der Waals surface area contributed by atoms with Crippen LogP contribution in [-0.2, 0) is 17.1 Å². The molecule has 27 heavy (non-hydrogen) atoms. The molecule has 0 amide bonds. The first kappa shape index (κ1) is 21.6. The van der Waals surface area contributed by atoms with Gasteiger partial charge in [-0.15, -0.1) is 28.3 Å². The summed E-state index contributed by atoms with van der Waals surface area (Å²) in [5.74, 6) is 0. The number of benzene rings is 2. The van der Waals surface area contributed by atoms with E-state index in [-0.39, 0.29) is 17.0 Å². The van der Waals surface area contributed by atoms with Crippen LogP contribution < -0.4 is 4.80 Å². The minimum atomic E-state index is -3.49. The fraction of sp³-hybridized carbons (Fsp3) is 0.211. The van der Waals surface area contributed by atoms with E-state index in [1.165, 1.54) is 15.6 Å². The number of para-hydroxylation sites is 1. The first-order valence-corrected chi connectivity index (χ1v) is 10.4. The second-order valence-corrected chi connectivity index (χ2v) is 9.13. The molecule has 5 nitrogen and oxygen atoms in total. The maximum Gasteiger partial charge on any atom is 0.242 e. The largest absolute Gasteiger partial charge is 0.320 e. The number of hydrogen-bond acceptors (Lipinski definition) is 4. The molecule has 0 spiro atoms. The Bertz CT molecular complexity index is 1100. The van der Waals surface area contributed by atoms with Crippen molar-refractivity contribution in [2.75, 3.05) is 14.1 Å². The molecule has 144 valence electrons. The van der Waals surface area contributed by atoms with E-state index in [1.807, 2.05) is 66.4 Å². The SMILES string of the molecule is Br.Cc1ccc(-c2cs/c(=N/c3ccccc3)n2C)cc1S(=O)(=O)N(C)C. The van der Waals surface area contributed by atoms with Crippen molar-refractivity contribution in [2.45, 2.75) is 11.8 Å². The quantitative estimate of drug-likeness (QED) is 0.579. The predicted molar refractivity (Wildman–Crippen MR) is 116 cm³/mol. The summed E-state index contributed by atoms with van der Waals surface area (Å²) < 4.78 is 28.4. The third-order valence-electron chi connectivity index (χ3n) is 4.15. The molecule has 0 saturated carbocycles. The number of aromatic nitrogens is 1. The standard InChI is InChI=1S/C19H21N3O2S2.BrH/c1-14-10-11-15(12-18(14)26(23,24)21(2)3)17-13-25-19(22(17)4)20-16-8-6-5-7-9-16;/h5-13H,1-4H3;1H/b20-19+;. The normalized spacial score (nSPS) is 12.3. The molecule has 0 unspecified atom stereocenters. The van der Waals surface area contributed by atoms with Crippen LogP contribution in [-0.4, -0.2) is 31.4 Å². The number of hydrogen-bond donors (Lipinski definition) is 0. The van der Waals surface area contributed by atoms with E-state index in [1.54, 1.807) is 20.2 Å². The van der Waals surface area contributed by atoms with Gasteiger partial charge < -0.3 is 4.57 Å². The monoisotopic (exact) mass is 467 g/mol. The zero-order valence-electron chi connectivity index (χ0n) is 15.6. The Kier molecular flexibility index (Phi) is 6.80. The summed E-state index contributed by atoms with van der Waals surface area (Å²) in [4.78, 5) is 5.84. The molecule has 3 aromatic rings. The van der Waals surface area contributed by atoms with E-state index in [0.29, 0.717) is 4.90 Å². The maximum absolute atomic E-state index is 12.6. The van der Waals surface area contributed by atoms with Crippen LogP contribution in [0.5, 0.6) is 0 Å². The Morgan fingerprint density at radius 2 is 1.74 bits per heavy atom. The Morgan fingerprint density at radius 3 is 2.37 bits per heavy atom. The summed E-state index contributed by atoms with van der Waals surface area (Å²) in [5.41, 5.74) is 3.40. The minimum Gasteiger partial charge on any atom is -0.320 e. The number of halogens is 1. The predicted octanol–water partition coefficient (Wildman–Crippen LogP) is 4.12. The highest BCUT2D eigenvalue weighted by Crippen LogP contribution is 2.26. The van der Waals surface area contributed by atoms with Crippen molar-refractivity contribution < 1.29 is 8.42 Å². The van der Waals surface area contributed by atoms with Crippen molar-refractivity contribution in [2.24, 2.45) is 12.0 Å². The van der Waals surface area contributed by atoms with Crippen LogP contribution in [0, 0.1) is 6.92 Å². The summed E-state index contributed by atoms with van der Waals surface area (Å²) >= 11 is 1.53. The van der Waals surface area contributed by atoms with Crippen molar-refractivity contribution in [3.63, 3.8) is 0 Å². The molecule has 0 N–H and O–H groups in total. The summed E-state index contributed by atoms with van der Waals surface area (Å²) in [5, 5.41) is 2.00. The van der Waals surface area contributed by atoms with Gasteiger partial charge in [-0.25, -0.2) is 17.7 Å². The average Bonchev–Trinajstić information content (AvgIpc) is 2.97. The zero-order chi connectivity index (χ0) is 18.9. The number of nitrogens with zero attached hydrogens (tertiary/aromatic N) is 3. The Morgan fingerprint density at radius 1 is 1.07 bits per heavy atom.